The van der Waals surface area contributed by atoms with Crippen molar-refractivity contribution in [3.8, 4) is 16.9 Å². The van der Waals surface area contributed by atoms with E-state index >= 15 is 0 Å². The van der Waals surface area contributed by atoms with E-state index in [0.29, 0.717) is 5.75 Å². The van der Waals surface area contributed by atoms with Crippen molar-refractivity contribution in [3.05, 3.63) is 89.5 Å². The summed E-state index contributed by atoms with van der Waals surface area (Å²) in [6, 6.07) is 24.1. The highest BCUT2D eigenvalue weighted by atomic mass is 16.5. The minimum atomic E-state index is -0.291. The Morgan fingerprint density at radius 3 is 2.29 bits per heavy atom. The standard InChI is InChI=1S/C24H24N2O2/c1-17-9-14-23(18(2)15-17)28-16-24(27)26-25-19(3)20-10-12-22(13-11-20)21-7-5-4-6-8-21/h4-15H,16H2,1-3H3,(H,26,27)/b25-19+. The summed E-state index contributed by atoms with van der Waals surface area (Å²) in [4.78, 5) is 12.0. The van der Waals surface area contributed by atoms with Gasteiger partial charge in [0.05, 0.1) is 5.71 Å². The van der Waals surface area contributed by atoms with Gasteiger partial charge in [0.2, 0.25) is 0 Å². The Labute approximate surface area is 165 Å². The van der Waals surface area contributed by atoms with Gasteiger partial charge in [-0.3, -0.25) is 4.79 Å². The number of aryl methyl sites for hydroxylation is 2. The highest BCUT2D eigenvalue weighted by molar-refractivity contribution is 5.99. The fraction of sp³-hybridized carbons (Fsp3) is 0.167. The second kappa shape index (κ2) is 9.00. The molecule has 3 rings (SSSR count). The van der Waals surface area contributed by atoms with Crippen molar-refractivity contribution in [1.29, 1.82) is 0 Å². The van der Waals surface area contributed by atoms with Crippen LogP contribution in [0.5, 0.6) is 5.75 Å². The van der Waals surface area contributed by atoms with E-state index in [1.807, 2.05) is 69.3 Å². The first kappa shape index (κ1) is 19.4. The molecule has 0 aromatic heterocycles. The molecular formula is C24H24N2O2. The lowest BCUT2D eigenvalue weighted by Gasteiger charge is -2.09. The molecule has 0 radical (unpaired) electrons. The van der Waals surface area contributed by atoms with Crippen LogP contribution in [0.3, 0.4) is 0 Å². The Hall–Kier alpha value is -3.40. The van der Waals surface area contributed by atoms with Crippen LogP contribution in [0.15, 0.2) is 77.9 Å². The third-order valence-electron chi connectivity index (χ3n) is 4.45. The van der Waals surface area contributed by atoms with Crippen molar-refractivity contribution in [3.63, 3.8) is 0 Å². The van der Waals surface area contributed by atoms with E-state index in [9.17, 15) is 4.79 Å². The van der Waals surface area contributed by atoms with E-state index in [-0.39, 0.29) is 12.5 Å². The normalized spacial score (nSPS) is 11.2. The number of hydrazone groups is 1. The molecule has 142 valence electrons. The second-order valence-electron chi connectivity index (χ2n) is 6.73. The predicted octanol–water partition coefficient (Wildman–Crippen LogP) is 4.89. The van der Waals surface area contributed by atoms with E-state index in [2.05, 4.69) is 34.8 Å². The molecule has 0 aliphatic heterocycles. The first-order chi connectivity index (χ1) is 13.5. The number of nitrogens with one attached hydrogen (secondary N) is 1. The lowest BCUT2D eigenvalue weighted by Crippen LogP contribution is -2.25. The van der Waals surface area contributed by atoms with E-state index in [0.717, 1.165) is 28.0 Å². The lowest BCUT2D eigenvalue weighted by atomic mass is 10.0. The Balaban J connectivity index is 1.56. The summed E-state index contributed by atoms with van der Waals surface area (Å²) in [5.41, 5.74) is 8.72. The molecule has 28 heavy (non-hydrogen) atoms. The first-order valence-corrected chi connectivity index (χ1v) is 9.22. The van der Waals surface area contributed by atoms with Crippen LogP contribution in [-0.4, -0.2) is 18.2 Å². The molecule has 0 heterocycles. The summed E-state index contributed by atoms with van der Waals surface area (Å²) in [5.74, 6) is 0.415. The van der Waals surface area contributed by atoms with E-state index in [4.69, 9.17) is 4.74 Å². The fourth-order valence-electron chi connectivity index (χ4n) is 2.88. The molecule has 4 heteroatoms. The monoisotopic (exact) mass is 372 g/mol. The SMILES string of the molecule is C/C(=N\NC(=O)COc1ccc(C)cc1C)c1ccc(-c2ccccc2)cc1. The number of carbonyl (C=O) groups is 1. The van der Waals surface area contributed by atoms with Crippen LogP contribution in [0.25, 0.3) is 11.1 Å². The van der Waals surface area contributed by atoms with Gasteiger partial charge in [-0.15, -0.1) is 0 Å². The number of hydrogen-bond acceptors (Lipinski definition) is 3. The zero-order valence-corrected chi connectivity index (χ0v) is 16.4. The molecule has 0 fully saturated rings. The fourth-order valence-corrected chi connectivity index (χ4v) is 2.88. The van der Waals surface area contributed by atoms with Crippen molar-refractivity contribution in [1.82, 2.24) is 5.43 Å². The number of benzene rings is 3. The van der Waals surface area contributed by atoms with Gasteiger partial charge in [-0.1, -0.05) is 72.3 Å². The van der Waals surface area contributed by atoms with Gasteiger partial charge in [0.1, 0.15) is 5.75 Å². The summed E-state index contributed by atoms with van der Waals surface area (Å²) in [6.45, 7) is 5.77. The minimum absolute atomic E-state index is 0.0758. The minimum Gasteiger partial charge on any atom is -0.483 e. The Bertz CT molecular complexity index is 977. The van der Waals surface area contributed by atoms with Gasteiger partial charge in [0, 0.05) is 0 Å². The molecule has 3 aromatic carbocycles. The molecule has 0 saturated heterocycles. The molecule has 1 amide bonds. The number of carbonyl (C=O) groups excluding carboxylic acids is 1. The summed E-state index contributed by atoms with van der Waals surface area (Å²) in [6.07, 6.45) is 0. The smallest absolute Gasteiger partial charge is 0.277 e. The topological polar surface area (TPSA) is 50.7 Å². The van der Waals surface area contributed by atoms with Gasteiger partial charge in [-0.2, -0.15) is 5.10 Å². The number of rotatable bonds is 6. The number of nitrogens with zero attached hydrogens (tertiary/aromatic N) is 1. The molecule has 4 nitrogen and oxygen atoms in total. The molecular weight excluding hydrogens is 348 g/mol. The Kier molecular flexibility index (Phi) is 6.22. The summed E-state index contributed by atoms with van der Waals surface area (Å²) in [7, 11) is 0. The Morgan fingerprint density at radius 1 is 0.929 bits per heavy atom. The average molecular weight is 372 g/mol. The van der Waals surface area contributed by atoms with Crippen LogP contribution in [-0.2, 0) is 4.79 Å². The van der Waals surface area contributed by atoms with Crippen LogP contribution >= 0.6 is 0 Å². The van der Waals surface area contributed by atoms with Gasteiger partial charge in [0.25, 0.3) is 5.91 Å². The van der Waals surface area contributed by atoms with Crippen LogP contribution in [0, 0.1) is 13.8 Å². The van der Waals surface area contributed by atoms with Gasteiger partial charge in [0.15, 0.2) is 6.61 Å². The number of hydrogen-bond donors (Lipinski definition) is 1. The highest BCUT2D eigenvalue weighted by Gasteiger charge is 2.05. The first-order valence-electron chi connectivity index (χ1n) is 9.22. The van der Waals surface area contributed by atoms with Gasteiger partial charge < -0.3 is 4.74 Å². The maximum absolute atomic E-state index is 12.0. The van der Waals surface area contributed by atoms with Crippen LogP contribution in [0.2, 0.25) is 0 Å². The van der Waals surface area contributed by atoms with Gasteiger partial charge in [-0.05, 0) is 49.1 Å². The maximum atomic E-state index is 12.0. The quantitative estimate of drug-likeness (QED) is 0.495. The van der Waals surface area contributed by atoms with Gasteiger partial charge >= 0.3 is 0 Å². The van der Waals surface area contributed by atoms with Crippen LogP contribution in [0.1, 0.15) is 23.6 Å². The lowest BCUT2D eigenvalue weighted by molar-refractivity contribution is -0.123. The zero-order valence-electron chi connectivity index (χ0n) is 16.4. The third-order valence-corrected chi connectivity index (χ3v) is 4.45. The van der Waals surface area contributed by atoms with Crippen molar-refractivity contribution in [2.24, 2.45) is 5.10 Å². The molecule has 0 aliphatic carbocycles. The number of amides is 1. The molecule has 3 aromatic rings. The molecule has 0 aliphatic rings. The molecule has 0 spiro atoms. The van der Waals surface area contributed by atoms with Crippen LogP contribution in [0.4, 0.5) is 0 Å². The Morgan fingerprint density at radius 2 is 1.61 bits per heavy atom. The molecule has 1 N–H and O–H groups in total. The number of ether oxygens (including phenoxy) is 1. The summed E-state index contributed by atoms with van der Waals surface area (Å²) in [5, 5.41) is 4.18. The largest absolute Gasteiger partial charge is 0.483 e. The molecule has 0 saturated carbocycles. The molecule has 0 unspecified atom stereocenters. The van der Waals surface area contributed by atoms with Crippen molar-refractivity contribution in [2.45, 2.75) is 20.8 Å². The zero-order chi connectivity index (χ0) is 19.9. The molecule has 0 bridgehead atoms. The van der Waals surface area contributed by atoms with E-state index in [1.165, 1.54) is 5.56 Å². The van der Waals surface area contributed by atoms with E-state index in [1.54, 1.807) is 0 Å². The summed E-state index contributed by atoms with van der Waals surface area (Å²) < 4.78 is 5.57. The van der Waals surface area contributed by atoms with Crippen molar-refractivity contribution in [2.75, 3.05) is 6.61 Å². The highest BCUT2D eigenvalue weighted by Crippen LogP contribution is 2.20. The second-order valence-corrected chi connectivity index (χ2v) is 6.73. The molecule has 0 atom stereocenters. The van der Waals surface area contributed by atoms with E-state index < -0.39 is 0 Å². The summed E-state index contributed by atoms with van der Waals surface area (Å²) >= 11 is 0. The van der Waals surface area contributed by atoms with Crippen molar-refractivity contribution < 1.29 is 9.53 Å². The van der Waals surface area contributed by atoms with Gasteiger partial charge in [-0.25, -0.2) is 5.43 Å². The third kappa shape index (κ3) is 5.07. The average Bonchev–Trinajstić information content (AvgIpc) is 2.72. The predicted molar refractivity (Wildman–Crippen MR) is 114 cm³/mol. The maximum Gasteiger partial charge on any atom is 0.277 e. The van der Waals surface area contributed by atoms with Crippen molar-refractivity contribution >= 4 is 11.6 Å². The van der Waals surface area contributed by atoms with Crippen LogP contribution < -0.4 is 10.2 Å².